The molecule has 0 aliphatic heterocycles. The number of aromatic nitrogens is 2. The normalized spacial score (nSPS) is 10.5. The van der Waals surface area contributed by atoms with Crippen molar-refractivity contribution in [1.29, 1.82) is 0 Å². The van der Waals surface area contributed by atoms with Crippen molar-refractivity contribution in [3.8, 4) is 17.0 Å². The summed E-state index contributed by atoms with van der Waals surface area (Å²) in [7, 11) is 1.54. The Morgan fingerprint density at radius 2 is 1.93 bits per heavy atom. The molecule has 0 aliphatic carbocycles. The average Bonchev–Trinajstić information content (AvgIpc) is 2.66. The summed E-state index contributed by atoms with van der Waals surface area (Å²) in [4.78, 5) is 24.1. The van der Waals surface area contributed by atoms with Gasteiger partial charge in [0.1, 0.15) is 12.3 Å². The van der Waals surface area contributed by atoms with E-state index in [9.17, 15) is 18.4 Å². The molecule has 0 unspecified atom stereocenters. The molecule has 27 heavy (non-hydrogen) atoms. The largest absolute Gasteiger partial charge is 0.497 e. The Kier molecular flexibility index (Phi) is 5.25. The molecule has 0 bridgehead atoms. The Balaban J connectivity index is 1.80. The molecule has 0 fully saturated rings. The van der Waals surface area contributed by atoms with Crippen molar-refractivity contribution in [3.05, 3.63) is 76.6 Å². The molecule has 1 amide bonds. The summed E-state index contributed by atoms with van der Waals surface area (Å²) >= 11 is 0. The second-order valence-corrected chi connectivity index (χ2v) is 5.62. The third-order valence-corrected chi connectivity index (χ3v) is 3.73. The van der Waals surface area contributed by atoms with Gasteiger partial charge in [0, 0.05) is 23.4 Å². The summed E-state index contributed by atoms with van der Waals surface area (Å²) in [6, 6.07) is 12.9. The van der Waals surface area contributed by atoms with E-state index in [1.165, 1.54) is 19.2 Å². The third kappa shape index (κ3) is 4.35. The number of carbonyl (C=O) groups excluding carboxylic acids is 1. The lowest BCUT2D eigenvalue weighted by Crippen LogP contribution is -2.29. The van der Waals surface area contributed by atoms with E-state index in [0.29, 0.717) is 17.0 Å². The van der Waals surface area contributed by atoms with Gasteiger partial charge in [0.15, 0.2) is 11.6 Å². The average molecular weight is 371 g/mol. The van der Waals surface area contributed by atoms with Crippen molar-refractivity contribution in [3.63, 3.8) is 0 Å². The fourth-order valence-corrected chi connectivity index (χ4v) is 2.41. The smallest absolute Gasteiger partial charge is 0.267 e. The number of methoxy groups -OCH3 is 1. The minimum absolute atomic E-state index is 0.0795. The van der Waals surface area contributed by atoms with Gasteiger partial charge < -0.3 is 10.1 Å². The molecule has 0 saturated heterocycles. The number of benzene rings is 2. The molecule has 0 spiro atoms. The minimum Gasteiger partial charge on any atom is -0.497 e. The number of amides is 1. The van der Waals surface area contributed by atoms with Gasteiger partial charge in [-0.1, -0.05) is 12.1 Å². The van der Waals surface area contributed by atoms with Gasteiger partial charge in [-0.3, -0.25) is 9.59 Å². The van der Waals surface area contributed by atoms with Crippen molar-refractivity contribution in [2.45, 2.75) is 6.54 Å². The van der Waals surface area contributed by atoms with Crippen LogP contribution in [-0.4, -0.2) is 22.8 Å². The number of rotatable bonds is 5. The minimum atomic E-state index is -1.08. The lowest BCUT2D eigenvalue weighted by Gasteiger charge is -2.09. The van der Waals surface area contributed by atoms with Crippen LogP contribution in [0.1, 0.15) is 0 Å². The molecule has 1 N–H and O–H groups in total. The topological polar surface area (TPSA) is 73.2 Å². The zero-order valence-electron chi connectivity index (χ0n) is 14.3. The summed E-state index contributed by atoms with van der Waals surface area (Å²) in [5, 5.41) is 6.58. The molecule has 1 aromatic heterocycles. The van der Waals surface area contributed by atoms with Gasteiger partial charge in [0.25, 0.3) is 5.56 Å². The molecule has 1 heterocycles. The third-order valence-electron chi connectivity index (χ3n) is 3.73. The molecule has 8 heteroatoms. The van der Waals surface area contributed by atoms with Crippen molar-refractivity contribution < 1.29 is 18.3 Å². The Hall–Kier alpha value is -3.55. The fraction of sp³-hybridized carbons (Fsp3) is 0.105. The number of anilines is 1. The van der Waals surface area contributed by atoms with Crippen molar-refractivity contribution in [2.75, 3.05) is 12.4 Å². The van der Waals surface area contributed by atoms with Crippen LogP contribution >= 0.6 is 0 Å². The first-order valence-electron chi connectivity index (χ1n) is 7.94. The van der Waals surface area contributed by atoms with Gasteiger partial charge in [-0.05, 0) is 30.3 Å². The van der Waals surface area contributed by atoms with Crippen LogP contribution in [0.3, 0.4) is 0 Å². The van der Waals surface area contributed by atoms with Gasteiger partial charge in [0.2, 0.25) is 5.91 Å². The van der Waals surface area contributed by atoms with Crippen LogP contribution in [0.4, 0.5) is 14.5 Å². The molecule has 2 aromatic carbocycles. The highest BCUT2D eigenvalue weighted by molar-refractivity contribution is 5.90. The van der Waals surface area contributed by atoms with Crippen LogP contribution in [0.25, 0.3) is 11.3 Å². The van der Waals surface area contributed by atoms with E-state index in [4.69, 9.17) is 4.74 Å². The maximum atomic E-state index is 13.2. The first kappa shape index (κ1) is 18.2. The highest BCUT2D eigenvalue weighted by Crippen LogP contribution is 2.21. The van der Waals surface area contributed by atoms with Crippen LogP contribution in [0.2, 0.25) is 0 Å². The highest BCUT2D eigenvalue weighted by atomic mass is 19.2. The standard InChI is InChI=1S/C19H15F2N3O3/c1-27-14-4-2-3-12(9-14)17-7-8-19(26)24(23-17)11-18(25)22-13-5-6-15(20)16(21)10-13/h2-10H,11H2,1H3,(H,22,25). The summed E-state index contributed by atoms with van der Waals surface area (Å²) in [5.41, 5.74) is 0.802. The quantitative estimate of drug-likeness (QED) is 0.749. The van der Waals surface area contributed by atoms with Crippen molar-refractivity contribution >= 4 is 11.6 Å². The number of carbonyl (C=O) groups is 1. The summed E-state index contributed by atoms with van der Waals surface area (Å²) < 4.78 is 32.3. The molecule has 0 radical (unpaired) electrons. The van der Waals surface area contributed by atoms with Crippen LogP contribution in [0.5, 0.6) is 5.75 Å². The monoisotopic (exact) mass is 371 g/mol. The lowest BCUT2D eigenvalue weighted by atomic mass is 10.1. The first-order chi connectivity index (χ1) is 13.0. The van der Waals surface area contributed by atoms with Crippen LogP contribution < -0.4 is 15.6 Å². The molecule has 0 aliphatic rings. The highest BCUT2D eigenvalue weighted by Gasteiger charge is 2.10. The maximum Gasteiger partial charge on any atom is 0.267 e. The summed E-state index contributed by atoms with van der Waals surface area (Å²) in [6.07, 6.45) is 0. The fourth-order valence-electron chi connectivity index (χ4n) is 2.41. The number of ether oxygens (including phenoxy) is 1. The van der Waals surface area contributed by atoms with Gasteiger partial charge >= 0.3 is 0 Å². The Morgan fingerprint density at radius 3 is 2.67 bits per heavy atom. The second kappa shape index (κ2) is 7.77. The number of nitrogens with one attached hydrogen (secondary N) is 1. The first-order valence-corrected chi connectivity index (χ1v) is 7.94. The van der Waals surface area contributed by atoms with E-state index in [2.05, 4.69) is 10.4 Å². The molecule has 0 atom stereocenters. The molecular weight excluding hydrogens is 356 g/mol. The SMILES string of the molecule is COc1cccc(-c2ccc(=O)n(CC(=O)Nc3ccc(F)c(F)c3)n2)c1. The maximum absolute atomic E-state index is 13.2. The number of hydrogen-bond acceptors (Lipinski definition) is 4. The van der Waals surface area contributed by atoms with E-state index in [-0.39, 0.29) is 12.2 Å². The molecule has 0 saturated carbocycles. The second-order valence-electron chi connectivity index (χ2n) is 5.62. The predicted molar refractivity (Wildman–Crippen MR) is 95.5 cm³/mol. The zero-order valence-corrected chi connectivity index (χ0v) is 14.3. The van der Waals surface area contributed by atoms with Crippen LogP contribution in [0, 0.1) is 11.6 Å². The summed E-state index contributed by atoms with van der Waals surface area (Å²) in [5.74, 6) is -2.07. The van der Waals surface area contributed by atoms with Gasteiger partial charge in [-0.25, -0.2) is 13.5 Å². The predicted octanol–water partition coefficient (Wildman–Crippen LogP) is 2.84. The van der Waals surface area contributed by atoms with E-state index in [1.54, 1.807) is 30.3 Å². The van der Waals surface area contributed by atoms with Gasteiger partial charge in [-0.15, -0.1) is 0 Å². The van der Waals surface area contributed by atoms with E-state index >= 15 is 0 Å². The van der Waals surface area contributed by atoms with E-state index in [0.717, 1.165) is 16.8 Å². The number of nitrogens with zero attached hydrogens (tertiary/aromatic N) is 2. The van der Waals surface area contributed by atoms with Gasteiger partial charge in [-0.2, -0.15) is 5.10 Å². The van der Waals surface area contributed by atoms with Crippen LogP contribution in [0.15, 0.2) is 59.4 Å². The Morgan fingerprint density at radius 1 is 1.11 bits per heavy atom. The van der Waals surface area contributed by atoms with E-state index < -0.39 is 23.1 Å². The molecule has 138 valence electrons. The zero-order chi connectivity index (χ0) is 19.4. The van der Waals surface area contributed by atoms with Crippen molar-refractivity contribution in [2.24, 2.45) is 0 Å². The number of halogens is 2. The van der Waals surface area contributed by atoms with Gasteiger partial charge in [0.05, 0.1) is 12.8 Å². The molecule has 3 rings (SSSR count). The summed E-state index contributed by atoms with van der Waals surface area (Å²) in [6.45, 7) is -0.379. The van der Waals surface area contributed by atoms with Crippen LogP contribution in [-0.2, 0) is 11.3 Å². The Labute approximate surface area is 153 Å². The van der Waals surface area contributed by atoms with Crippen molar-refractivity contribution in [1.82, 2.24) is 9.78 Å². The Bertz CT molecular complexity index is 1050. The van der Waals surface area contributed by atoms with E-state index in [1.807, 2.05) is 0 Å². The number of hydrogen-bond donors (Lipinski definition) is 1. The molecule has 3 aromatic rings. The lowest BCUT2D eigenvalue weighted by molar-refractivity contribution is -0.117. The molecular formula is C19H15F2N3O3. The molecule has 6 nitrogen and oxygen atoms in total.